The molecule has 2 rings (SSSR count). The minimum atomic E-state index is -0.357. The molecule has 1 saturated carbocycles. The fraction of sp³-hybridized carbons (Fsp3) is 0.600. The molecule has 0 bridgehead atoms. The van der Waals surface area contributed by atoms with Crippen LogP contribution >= 0.6 is 11.6 Å². The van der Waals surface area contributed by atoms with Gasteiger partial charge in [0, 0.05) is 11.4 Å². The summed E-state index contributed by atoms with van der Waals surface area (Å²) in [6, 6.07) is 4.39. The molecule has 0 spiro atoms. The Morgan fingerprint density at radius 2 is 2.22 bits per heavy atom. The van der Waals surface area contributed by atoms with Gasteiger partial charge in [0.2, 0.25) is 0 Å². The minimum Gasteiger partial charge on any atom is -0.392 e. The van der Waals surface area contributed by atoms with E-state index in [-0.39, 0.29) is 11.9 Å². The van der Waals surface area contributed by atoms with Crippen LogP contribution in [0.25, 0.3) is 0 Å². The maximum atomic E-state index is 12.9. The van der Waals surface area contributed by atoms with Gasteiger partial charge in [-0.1, -0.05) is 37.4 Å². The van der Waals surface area contributed by atoms with Crippen LogP contribution in [0.3, 0.4) is 0 Å². The van der Waals surface area contributed by atoms with Gasteiger partial charge in [-0.2, -0.15) is 0 Å². The lowest BCUT2D eigenvalue weighted by Gasteiger charge is -2.19. The highest BCUT2D eigenvalue weighted by atomic mass is 35.5. The first-order valence-electron chi connectivity index (χ1n) is 6.72. The molecule has 1 aliphatic carbocycles. The Balaban J connectivity index is 1.97. The predicted molar refractivity (Wildman–Crippen MR) is 72.2 cm³/mol. The second-order valence-corrected chi connectivity index (χ2v) is 5.76. The molecule has 1 aliphatic rings. The molecule has 1 N–H and O–H groups in total. The van der Waals surface area contributed by atoms with Gasteiger partial charge in [0.1, 0.15) is 5.82 Å². The Morgan fingerprint density at radius 3 is 2.83 bits per heavy atom. The van der Waals surface area contributed by atoms with E-state index in [1.165, 1.54) is 25.0 Å². The van der Waals surface area contributed by atoms with Crippen LogP contribution < -0.4 is 0 Å². The van der Waals surface area contributed by atoms with Gasteiger partial charge in [-0.05, 0) is 42.4 Å². The van der Waals surface area contributed by atoms with Crippen LogP contribution in [-0.2, 0) is 6.42 Å². The molecule has 18 heavy (non-hydrogen) atoms. The average molecular weight is 271 g/mol. The highest BCUT2D eigenvalue weighted by Crippen LogP contribution is 2.36. The van der Waals surface area contributed by atoms with E-state index in [1.54, 1.807) is 6.07 Å². The molecule has 1 aromatic rings. The second-order valence-electron chi connectivity index (χ2n) is 5.35. The molecule has 0 aromatic heterocycles. The summed E-state index contributed by atoms with van der Waals surface area (Å²) in [4.78, 5) is 0. The van der Waals surface area contributed by atoms with Gasteiger partial charge < -0.3 is 5.11 Å². The third kappa shape index (κ3) is 3.24. The topological polar surface area (TPSA) is 20.2 Å². The first-order chi connectivity index (χ1) is 8.60. The fourth-order valence-corrected chi connectivity index (χ4v) is 3.16. The van der Waals surface area contributed by atoms with Crippen LogP contribution in [0, 0.1) is 17.7 Å². The van der Waals surface area contributed by atoms with Crippen molar-refractivity contribution < 1.29 is 9.50 Å². The van der Waals surface area contributed by atoms with Gasteiger partial charge in [0.05, 0.1) is 6.10 Å². The molecule has 100 valence electrons. The van der Waals surface area contributed by atoms with Crippen LogP contribution in [0.2, 0.25) is 5.02 Å². The van der Waals surface area contributed by atoms with Crippen molar-refractivity contribution >= 4 is 11.6 Å². The molecule has 1 fully saturated rings. The molecule has 1 nitrogen and oxygen atoms in total. The van der Waals surface area contributed by atoms with E-state index in [0.29, 0.717) is 17.4 Å². The molecule has 1 aromatic carbocycles. The van der Waals surface area contributed by atoms with Gasteiger partial charge in [-0.25, -0.2) is 4.39 Å². The van der Waals surface area contributed by atoms with Crippen molar-refractivity contribution in [1.82, 2.24) is 0 Å². The lowest BCUT2D eigenvalue weighted by molar-refractivity contribution is 0.108. The number of halogens is 2. The van der Waals surface area contributed by atoms with E-state index in [4.69, 9.17) is 11.6 Å². The normalized spacial score (nSPS) is 25.3. The summed E-state index contributed by atoms with van der Waals surface area (Å²) in [5.41, 5.74) is 0.838. The molecule has 3 unspecified atom stereocenters. The van der Waals surface area contributed by atoms with Crippen molar-refractivity contribution in [3.05, 3.63) is 34.6 Å². The van der Waals surface area contributed by atoms with Crippen molar-refractivity contribution in [2.75, 3.05) is 0 Å². The Kier molecular flexibility index (Phi) is 4.63. The van der Waals surface area contributed by atoms with Crippen LogP contribution in [-0.4, -0.2) is 11.2 Å². The van der Waals surface area contributed by atoms with E-state index in [0.717, 1.165) is 24.3 Å². The van der Waals surface area contributed by atoms with E-state index >= 15 is 0 Å². The van der Waals surface area contributed by atoms with Crippen molar-refractivity contribution in [2.45, 2.75) is 45.1 Å². The Hall–Kier alpha value is -0.600. The largest absolute Gasteiger partial charge is 0.392 e. The lowest BCUT2D eigenvalue weighted by Crippen LogP contribution is -2.21. The summed E-state index contributed by atoms with van der Waals surface area (Å²) in [7, 11) is 0. The maximum Gasteiger partial charge on any atom is 0.124 e. The van der Waals surface area contributed by atoms with Gasteiger partial charge in [-0.3, -0.25) is 0 Å². The molecule has 0 saturated heterocycles. The minimum absolute atomic E-state index is 0.329. The van der Waals surface area contributed by atoms with Crippen molar-refractivity contribution in [3.8, 4) is 0 Å². The van der Waals surface area contributed by atoms with Gasteiger partial charge in [0.15, 0.2) is 0 Å². The first kappa shape index (κ1) is 13.8. The maximum absolute atomic E-state index is 12.9. The Labute approximate surface area is 113 Å². The quantitative estimate of drug-likeness (QED) is 0.869. The summed E-state index contributed by atoms with van der Waals surface area (Å²) in [6.45, 7) is 2.20. The molecule has 0 radical (unpaired) electrons. The van der Waals surface area contributed by atoms with E-state index in [2.05, 4.69) is 6.92 Å². The number of rotatable bonds is 4. The second kappa shape index (κ2) is 6.03. The van der Waals surface area contributed by atoms with Gasteiger partial charge in [-0.15, -0.1) is 0 Å². The number of aliphatic hydroxyl groups is 1. The lowest BCUT2D eigenvalue weighted by atomic mass is 9.93. The van der Waals surface area contributed by atoms with E-state index in [9.17, 15) is 9.50 Å². The summed E-state index contributed by atoms with van der Waals surface area (Å²) in [5, 5.41) is 10.7. The van der Waals surface area contributed by atoms with Crippen LogP contribution in [0.1, 0.15) is 38.2 Å². The third-order valence-corrected chi connectivity index (χ3v) is 4.50. The monoisotopic (exact) mass is 270 g/mol. The van der Waals surface area contributed by atoms with Crippen LogP contribution in [0.15, 0.2) is 18.2 Å². The molecular formula is C15H20ClFO. The first-order valence-corrected chi connectivity index (χ1v) is 7.10. The Bertz CT molecular complexity index is 407. The average Bonchev–Trinajstić information content (AvgIpc) is 2.81. The molecule has 3 atom stereocenters. The summed E-state index contributed by atoms with van der Waals surface area (Å²) in [5.74, 6) is 0.801. The highest BCUT2D eigenvalue weighted by molar-refractivity contribution is 6.31. The van der Waals surface area contributed by atoms with Gasteiger partial charge >= 0.3 is 0 Å². The highest BCUT2D eigenvalue weighted by Gasteiger charge is 2.29. The molecule has 3 heteroatoms. The summed E-state index contributed by atoms with van der Waals surface area (Å²) < 4.78 is 12.9. The number of benzene rings is 1. The van der Waals surface area contributed by atoms with E-state index in [1.807, 2.05) is 0 Å². The zero-order valence-electron chi connectivity index (χ0n) is 10.7. The zero-order chi connectivity index (χ0) is 13.1. The molecular weight excluding hydrogens is 251 g/mol. The smallest absolute Gasteiger partial charge is 0.124 e. The zero-order valence-corrected chi connectivity index (χ0v) is 11.5. The van der Waals surface area contributed by atoms with Crippen LogP contribution in [0.4, 0.5) is 4.39 Å². The fourth-order valence-electron chi connectivity index (χ4n) is 2.91. The SMILES string of the molecule is CCC1CCC(C(O)Cc2ccc(F)cc2Cl)C1. The number of aliphatic hydroxyl groups excluding tert-OH is 1. The number of hydrogen-bond acceptors (Lipinski definition) is 1. The summed E-state index contributed by atoms with van der Waals surface area (Å²) in [6.07, 6.45) is 4.79. The van der Waals surface area contributed by atoms with Crippen molar-refractivity contribution in [2.24, 2.45) is 11.8 Å². The summed E-state index contributed by atoms with van der Waals surface area (Å²) >= 11 is 5.99. The molecule has 0 heterocycles. The molecule has 0 amide bonds. The molecule has 0 aliphatic heterocycles. The van der Waals surface area contributed by atoms with Crippen molar-refractivity contribution in [1.29, 1.82) is 0 Å². The Morgan fingerprint density at radius 1 is 1.44 bits per heavy atom. The number of hydrogen-bond donors (Lipinski definition) is 1. The standard InChI is InChI=1S/C15H20ClFO/c1-2-10-3-4-12(7-10)15(18)8-11-5-6-13(17)9-14(11)16/h5-6,9-10,12,15,18H,2-4,7-8H2,1H3. The van der Waals surface area contributed by atoms with Gasteiger partial charge in [0.25, 0.3) is 0 Å². The predicted octanol–water partition coefficient (Wildman–Crippen LogP) is 4.21. The van der Waals surface area contributed by atoms with Crippen LogP contribution in [0.5, 0.6) is 0 Å². The van der Waals surface area contributed by atoms with Crippen molar-refractivity contribution in [3.63, 3.8) is 0 Å². The third-order valence-electron chi connectivity index (χ3n) is 4.15. The van der Waals surface area contributed by atoms with E-state index < -0.39 is 0 Å².